The molecule has 1 amide bonds. The number of anilines is 1. The molecule has 1 aromatic heterocycles. The van der Waals surface area contributed by atoms with Gasteiger partial charge in [-0.25, -0.2) is 9.59 Å². The lowest BCUT2D eigenvalue weighted by molar-refractivity contribution is -0.0569. The van der Waals surface area contributed by atoms with E-state index < -0.39 is 36.3 Å². The van der Waals surface area contributed by atoms with Gasteiger partial charge in [-0.15, -0.1) is 0 Å². The van der Waals surface area contributed by atoms with Crippen molar-refractivity contribution in [2.75, 3.05) is 18.6 Å². The molecule has 11 heteroatoms. The van der Waals surface area contributed by atoms with Crippen LogP contribution in [0.4, 0.5) is 10.6 Å². The Morgan fingerprint density at radius 1 is 1.29 bits per heavy atom. The molecule has 11 nitrogen and oxygen atoms in total. The van der Waals surface area contributed by atoms with Gasteiger partial charge in [-0.05, 0) is 12.5 Å². The third-order valence-corrected chi connectivity index (χ3v) is 4.48. The molecule has 5 N–H and O–H groups in total. The quantitative estimate of drug-likeness (QED) is 0.276. The molecule has 0 aliphatic carbocycles. The maximum atomic E-state index is 12.0. The van der Waals surface area contributed by atoms with Crippen LogP contribution in [0.15, 0.2) is 17.1 Å². The zero-order valence-corrected chi connectivity index (χ0v) is 15.8. The number of ether oxygens (including phenoxy) is 2. The van der Waals surface area contributed by atoms with Crippen molar-refractivity contribution in [3.8, 4) is 0 Å². The highest BCUT2D eigenvalue weighted by Crippen LogP contribution is 2.28. The van der Waals surface area contributed by atoms with Crippen LogP contribution in [0.2, 0.25) is 0 Å². The first kappa shape index (κ1) is 22.1. The van der Waals surface area contributed by atoms with Crippen molar-refractivity contribution < 1.29 is 29.7 Å². The normalized spacial score (nSPS) is 24.1. The van der Waals surface area contributed by atoms with Gasteiger partial charge in [0, 0.05) is 12.7 Å². The van der Waals surface area contributed by atoms with Crippen LogP contribution in [0, 0.1) is 0 Å². The summed E-state index contributed by atoms with van der Waals surface area (Å²) in [5.41, 5.74) is 0.943. The molecular weight excluding hydrogens is 372 g/mol. The molecule has 2 rings (SSSR count). The first-order valence-electron chi connectivity index (χ1n) is 9.39. The lowest BCUT2D eigenvalue weighted by atomic mass is 10.1. The molecule has 0 saturated carbocycles. The van der Waals surface area contributed by atoms with Gasteiger partial charge in [-0.3, -0.25) is 15.3 Å². The summed E-state index contributed by atoms with van der Waals surface area (Å²) < 4.78 is 11.5. The zero-order valence-electron chi connectivity index (χ0n) is 15.8. The number of amides is 1. The first-order valence-corrected chi connectivity index (χ1v) is 9.39. The van der Waals surface area contributed by atoms with E-state index in [0.29, 0.717) is 6.54 Å². The number of carbonyl (C=O) groups is 1. The van der Waals surface area contributed by atoms with E-state index in [1.54, 1.807) is 5.48 Å². The largest absolute Gasteiger partial charge is 0.447 e. The molecule has 1 saturated heterocycles. The minimum atomic E-state index is -1.41. The predicted molar refractivity (Wildman–Crippen MR) is 97.9 cm³/mol. The van der Waals surface area contributed by atoms with Crippen molar-refractivity contribution >= 4 is 11.9 Å². The van der Waals surface area contributed by atoms with E-state index in [1.807, 2.05) is 0 Å². The van der Waals surface area contributed by atoms with Crippen molar-refractivity contribution in [1.29, 1.82) is 0 Å². The fourth-order valence-corrected chi connectivity index (χ4v) is 2.89. The maximum absolute atomic E-state index is 12.0. The van der Waals surface area contributed by atoms with Gasteiger partial charge in [-0.2, -0.15) is 4.98 Å². The number of rotatable bonds is 10. The highest BCUT2D eigenvalue weighted by molar-refractivity contribution is 5.67. The number of carbonyl (C=O) groups excluding carboxylic acids is 1. The monoisotopic (exact) mass is 400 g/mol. The minimum Gasteiger partial charge on any atom is -0.447 e. The van der Waals surface area contributed by atoms with E-state index in [4.69, 9.17) is 14.7 Å². The number of alkyl carbamates (subject to hydrolysis) is 1. The summed E-state index contributed by atoms with van der Waals surface area (Å²) in [7, 11) is 0. The van der Waals surface area contributed by atoms with E-state index in [-0.39, 0.29) is 12.4 Å². The second-order valence-corrected chi connectivity index (χ2v) is 6.60. The Hall–Kier alpha value is -2.21. The molecule has 1 fully saturated rings. The van der Waals surface area contributed by atoms with Crippen LogP contribution in [-0.4, -0.2) is 62.5 Å². The molecular formula is C17H28N4O7. The Balaban J connectivity index is 1.81. The summed E-state index contributed by atoms with van der Waals surface area (Å²) in [5.74, 6) is -0.0690. The predicted octanol–water partition coefficient (Wildman–Crippen LogP) is 0.360. The topological polar surface area (TPSA) is 155 Å². The SMILES string of the molecule is CCCCCCCNC(=O)OC[C@H]1O[C@@H](n2ccc(NO)nc2=O)C(O)[C@H]1O. The van der Waals surface area contributed by atoms with Gasteiger partial charge >= 0.3 is 11.8 Å². The molecule has 28 heavy (non-hydrogen) atoms. The van der Waals surface area contributed by atoms with Gasteiger partial charge in [0.1, 0.15) is 24.9 Å². The molecule has 1 aromatic rings. The summed E-state index contributed by atoms with van der Waals surface area (Å²) in [4.78, 5) is 27.2. The van der Waals surface area contributed by atoms with Crippen LogP contribution in [0.25, 0.3) is 0 Å². The third-order valence-electron chi connectivity index (χ3n) is 4.48. The first-order chi connectivity index (χ1) is 13.5. The van der Waals surface area contributed by atoms with Crippen LogP contribution in [-0.2, 0) is 9.47 Å². The summed E-state index contributed by atoms with van der Waals surface area (Å²) in [6, 6.07) is 1.29. The summed E-state index contributed by atoms with van der Waals surface area (Å²) in [6.45, 7) is 2.34. The van der Waals surface area contributed by atoms with E-state index >= 15 is 0 Å². The molecule has 0 spiro atoms. The molecule has 4 atom stereocenters. The van der Waals surface area contributed by atoms with E-state index in [2.05, 4.69) is 17.2 Å². The third kappa shape index (κ3) is 5.89. The van der Waals surface area contributed by atoms with Crippen LogP contribution >= 0.6 is 0 Å². The molecule has 1 aliphatic rings. The van der Waals surface area contributed by atoms with Crippen LogP contribution in [0.5, 0.6) is 0 Å². The highest BCUT2D eigenvalue weighted by atomic mass is 16.6. The molecule has 1 aliphatic heterocycles. The molecule has 0 aromatic carbocycles. The Labute approximate surface area is 162 Å². The lowest BCUT2D eigenvalue weighted by Gasteiger charge is -2.17. The van der Waals surface area contributed by atoms with Crippen molar-refractivity contribution in [1.82, 2.24) is 14.9 Å². The van der Waals surface area contributed by atoms with Crippen LogP contribution in [0.1, 0.15) is 45.3 Å². The molecule has 0 bridgehead atoms. The van der Waals surface area contributed by atoms with Crippen LogP contribution in [0.3, 0.4) is 0 Å². The fraction of sp³-hybridized carbons (Fsp3) is 0.706. The van der Waals surface area contributed by atoms with Crippen molar-refractivity contribution in [2.45, 2.75) is 63.6 Å². The summed E-state index contributed by atoms with van der Waals surface area (Å²) >= 11 is 0. The number of unbranched alkanes of at least 4 members (excludes halogenated alkanes) is 4. The summed E-state index contributed by atoms with van der Waals surface area (Å²) in [5, 5.41) is 31.6. The van der Waals surface area contributed by atoms with Gasteiger partial charge < -0.3 is 25.0 Å². The number of aliphatic hydroxyl groups is 2. The number of hydrogen-bond acceptors (Lipinski definition) is 9. The Bertz CT molecular complexity index is 684. The smallest absolute Gasteiger partial charge is 0.407 e. The standard InChI is InChI=1S/C17H28N4O7/c1-2-3-4-5-6-8-18-17(25)27-10-11-13(22)14(23)15(28-11)21-9-7-12(20-26)19-16(21)24/h7,9,11,13-15,22-23,26H,2-6,8,10H2,1H3,(H,18,25)(H,19,20,24)/t11-,13+,14?,15-/m1/s1. The number of hydrogen-bond donors (Lipinski definition) is 5. The number of aromatic nitrogens is 2. The van der Waals surface area contributed by atoms with Gasteiger partial charge in [-0.1, -0.05) is 32.6 Å². The van der Waals surface area contributed by atoms with Gasteiger partial charge in [0.05, 0.1) is 0 Å². The van der Waals surface area contributed by atoms with Crippen molar-refractivity contribution in [2.24, 2.45) is 0 Å². The molecule has 2 heterocycles. The lowest BCUT2D eigenvalue weighted by Crippen LogP contribution is -2.37. The Kier molecular flexibility index (Phi) is 8.64. The number of aliphatic hydroxyl groups excluding tert-OH is 2. The van der Waals surface area contributed by atoms with Crippen molar-refractivity contribution in [3.05, 3.63) is 22.7 Å². The molecule has 1 unspecified atom stereocenters. The van der Waals surface area contributed by atoms with Gasteiger partial charge in [0.25, 0.3) is 0 Å². The molecule has 0 radical (unpaired) electrons. The van der Waals surface area contributed by atoms with E-state index in [0.717, 1.165) is 30.3 Å². The second kappa shape index (κ2) is 11.0. The number of nitrogens with one attached hydrogen (secondary N) is 2. The van der Waals surface area contributed by atoms with Gasteiger partial charge in [0.15, 0.2) is 12.0 Å². The average Bonchev–Trinajstić information content (AvgIpc) is 2.97. The van der Waals surface area contributed by atoms with Crippen LogP contribution < -0.4 is 16.5 Å². The van der Waals surface area contributed by atoms with E-state index in [1.165, 1.54) is 18.7 Å². The van der Waals surface area contributed by atoms with Gasteiger partial charge in [0.2, 0.25) is 0 Å². The summed E-state index contributed by atoms with van der Waals surface area (Å²) in [6.07, 6.45) is 0.974. The average molecular weight is 400 g/mol. The fourth-order valence-electron chi connectivity index (χ4n) is 2.89. The highest BCUT2D eigenvalue weighted by Gasteiger charge is 2.44. The van der Waals surface area contributed by atoms with Crippen molar-refractivity contribution in [3.63, 3.8) is 0 Å². The number of nitrogens with zero attached hydrogens (tertiary/aromatic N) is 2. The Morgan fingerprint density at radius 2 is 2.04 bits per heavy atom. The molecule has 158 valence electrons. The minimum absolute atomic E-state index is 0.0690. The maximum Gasteiger partial charge on any atom is 0.407 e. The van der Waals surface area contributed by atoms with E-state index in [9.17, 15) is 19.8 Å². The second-order valence-electron chi connectivity index (χ2n) is 6.60. The Morgan fingerprint density at radius 3 is 2.71 bits per heavy atom. The zero-order chi connectivity index (χ0) is 20.5.